The highest BCUT2D eigenvalue weighted by atomic mass is 32.1. The smallest absolute Gasteiger partial charge is 0.257 e. The van der Waals surface area contributed by atoms with E-state index in [9.17, 15) is 4.79 Å². The molecule has 1 aromatic carbocycles. The molecule has 2 aromatic heterocycles. The molecule has 3 rings (SSSR count). The molecular formula is C17H15N3O3S. The summed E-state index contributed by atoms with van der Waals surface area (Å²) < 4.78 is 10.4. The molecule has 0 unspecified atom stereocenters. The van der Waals surface area contributed by atoms with Crippen molar-refractivity contribution in [1.82, 2.24) is 9.97 Å². The van der Waals surface area contributed by atoms with Crippen LogP contribution < -0.4 is 14.8 Å². The summed E-state index contributed by atoms with van der Waals surface area (Å²) in [4.78, 5) is 21.0. The molecule has 0 aliphatic rings. The molecular weight excluding hydrogens is 326 g/mol. The first-order valence-corrected chi connectivity index (χ1v) is 7.99. The molecule has 0 saturated carbocycles. The van der Waals surface area contributed by atoms with Gasteiger partial charge in [0.05, 0.1) is 19.9 Å². The SMILES string of the molecule is COc1ccc(C(=O)Nc2nc(-c3ccccn3)cs2)cc1OC. The third-order valence-electron chi connectivity index (χ3n) is 3.30. The first-order valence-electron chi connectivity index (χ1n) is 7.11. The summed E-state index contributed by atoms with van der Waals surface area (Å²) in [6.07, 6.45) is 1.70. The van der Waals surface area contributed by atoms with Gasteiger partial charge in [0.2, 0.25) is 0 Å². The molecule has 0 fully saturated rings. The molecule has 7 heteroatoms. The Kier molecular flexibility index (Phi) is 4.72. The van der Waals surface area contributed by atoms with E-state index >= 15 is 0 Å². The normalized spacial score (nSPS) is 10.2. The Bertz CT molecular complexity index is 849. The molecule has 0 saturated heterocycles. The zero-order valence-electron chi connectivity index (χ0n) is 13.1. The molecule has 0 bridgehead atoms. The van der Waals surface area contributed by atoms with Gasteiger partial charge in [-0.25, -0.2) is 4.98 Å². The molecule has 1 N–H and O–H groups in total. The van der Waals surface area contributed by atoms with Crippen molar-refractivity contribution in [2.75, 3.05) is 19.5 Å². The van der Waals surface area contributed by atoms with Gasteiger partial charge in [0.25, 0.3) is 5.91 Å². The molecule has 0 atom stereocenters. The summed E-state index contributed by atoms with van der Waals surface area (Å²) in [5.74, 6) is 0.803. The lowest BCUT2D eigenvalue weighted by Crippen LogP contribution is -2.12. The quantitative estimate of drug-likeness (QED) is 0.769. The van der Waals surface area contributed by atoms with E-state index in [0.29, 0.717) is 22.2 Å². The number of anilines is 1. The highest BCUT2D eigenvalue weighted by Gasteiger charge is 2.13. The largest absolute Gasteiger partial charge is 0.493 e. The van der Waals surface area contributed by atoms with E-state index in [1.54, 1.807) is 31.5 Å². The Balaban J connectivity index is 1.77. The zero-order chi connectivity index (χ0) is 16.9. The summed E-state index contributed by atoms with van der Waals surface area (Å²) in [5.41, 5.74) is 1.95. The van der Waals surface area contributed by atoms with Gasteiger partial charge in [-0.05, 0) is 30.3 Å². The first-order chi connectivity index (χ1) is 11.7. The number of hydrogen-bond donors (Lipinski definition) is 1. The number of carbonyl (C=O) groups excluding carboxylic acids is 1. The zero-order valence-corrected chi connectivity index (χ0v) is 14.0. The fourth-order valence-electron chi connectivity index (χ4n) is 2.11. The predicted octanol–water partition coefficient (Wildman–Crippen LogP) is 3.47. The van der Waals surface area contributed by atoms with E-state index in [1.807, 2.05) is 23.6 Å². The Morgan fingerprint density at radius 1 is 1.08 bits per heavy atom. The fourth-order valence-corrected chi connectivity index (χ4v) is 2.81. The fraction of sp³-hybridized carbons (Fsp3) is 0.118. The van der Waals surface area contributed by atoms with E-state index < -0.39 is 0 Å². The minimum Gasteiger partial charge on any atom is -0.493 e. The molecule has 122 valence electrons. The summed E-state index contributed by atoms with van der Waals surface area (Å²) in [7, 11) is 3.08. The van der Waals surface area contributed by atoms with Gasteiger partial charge in [0.1, 0.15) is 5.69 Å². The lowest BCUT2D eigenvalue weighted by atomic mass is 10.2. The highest BCUT2D eigenvalue weighted by molar-refractivity contribution is 7.14. The number of amides is 1. The van der Waals surface area contributed by atoms with Crippen LogP contribution in [0.2, 0.25) is 0 Å². The second-order valence-electron chi connectivity index (χ2n) is 4.78. The number of hydrogen-bond acceptors (Lipinski definition) is 6. The van der Waals surface area contributed by atoms with E-state index in [0.717, 1.165) is 11.4 Å². The lowest BCUT2D eigenvalue weighted by Gasteiger charge is -2.09. The van der Waals surface area contributed by atoms with E-state index in [1.165, 1.54) is 18.4 Å². The van der Waals surface area contributed by atoms with Gasteiger partial charge in [0.15, 0.2) is 16.6 Å². The summed E-state index contributed by atoms with van der Waals surface area (Å²) in [6.45, 7) is 0. The van der Waals surface area contributed by atoms with Gasteiger partial charge < -0.3 is 9.47 Å². The van der Waals surface area contributed by atoms with Crippen LogP contribution in [0.5, 0.6) is 11.5 Å². The number of pyridine rings is 1. The number of thiazole rings is 1. The lowest BCUT2D eigenvalue weighted by molar-refractivity contribution is 0.102. The van der Waals surface area contributed by atoms with Crippen molar-refractivity contribution < 1.29 is 14.3 Å². The Hall–Kier alpha value is -2.93. The van der Waals surface area contributed by atoms with Gasteiger partial charge in [-0.2, -0.15) is 0 Å². The standard InChI is InChI=1S/C17H15N3O3S/c1-22-14-7-6-11(9-15(14)23-2)16(21)20-17-19-13(10-24-17)12-5-3-4-8-18-12/h3-10H,1-2H3,(H,19,20,21). The minimum atomic E-state index is -0.266. The van der Waals surface area contributed by atoms with Crippen LogP contribution in [0.15, 0.2) is 48.0 Å². The average Bonchev–Trinajstić information content (AvgIpc) is 3.10. The topological polar surface area (TPSA) is 73.3 Å². The van der Waals surface area contributed by atoms with Crippen LogP contribution in [0.25, 0.3) is 11.4 Å². The molecule has 3 aromatic rings. The Morgan fingerprint density at radius 3 is 2.62 bits per heavy atom. The van der Waals surface area contributed by atoms with Gasteiger partial charge in [-0.3, -0.25) is 15.1 Å². The van der Waals surface area contributed by atoms with Crippen LogP contribution in [0.1, 0.15) is 10.4 Å². The summed E-state index contributed by atoms with van der Waals surface area (Å²) in [5, 5.41) is 5.14. The number of ether oxygens (including phenoxy) is 2. The van der Waals surface area contributed by atoms with Crippen molar-refractivity contribution >= 4 is 22.4 Å². The van der Waals surface area contributed by atoms with Crippen molar-refractivity contribution in [2.45, 2.75) is 0 Å². The van der Waals surface area contributed by atoms with Crippen LogP contribution in [0, 0.1) is 0 Å². The molecule has 1 amide bonds. The van der Waals surface area contributed by atoms with Crippen molar-refractivity contribution in [3.8, 4) is 22.9 Å². The van der Waals surface area contributed by atoms with Crippen molar-refractivity contribution in [3.63, 3.8) is 0 Å². The number of rotatable bonds is 5. The number of nitrogens with zero attached hydrogens (tertiary/aromatic N) is 2. The van der Waals surface area contributed by atoms with Gasteiger partial charge >= 0.3 is 0 Å². The minimum absolute atomic E-state index is 0.266. The van der Waals surface area contributed by atoms with Gasteiger partial charge in [-0.15, -0.1) is 11.3 Å². The molecule has 2 heterocycles. The van der Waals surface area contributed by atoms with Gasteiger partial charge in [-0.1, -0.05) is 6.07 Å². The maximum absolute atomic E-state index is 12.4. The molecule has 0 aliphatic heterocycles. The first kappa shape index (κ1) is 15.9. The Labute approximate surface area is 143 Å². The van der Waals surface area contributed by atoms with E-state index in [2.05, 4.69) is 15.3 Å². The van der Waals surface area contributed by atoms with Crippen LogP contribution in [-0.2, 0) is 0 Å². The monoisotopic (exact) mass is 341 g/mol. The molecule has 0 aliphatic carbocycles. The second kappa shape index (κ2) is 7.10. The maximum atomic E-state index is 12.4. The third kappa shape index (κ3) is 3.36. The van der Waals surface area contributed by atoms with Crippen molar-refractivity contribution in [3.05, 3.63) is 53.5 Å². The second-order valence-corrected chi connectivity index (χ2v) is 5.63. The Morgan fingerprint density at radius 2 is 1.92 bits per heavy atom. The maximum Gasteiger partial charge on any atom is 0.257 e. The van der Waals surface area contributed by atoms with Crippen LogP contribution in [0.3, 0.4) is 0 Å². The van der Waals surface area contributed by atoms with Crippen LogP contribution >= 0.6 is 11.3 Å². The number of methoxy groups -OCH3 is 2. The summed E-state index contributed by atoms with van der Waals surface area (Å²) in [6, 6.07) is 10.6. The molecule has 0 spiro atoms. The molecule has 6 nitrogen and oxygen atoms in total. The number of benzene rings is 1. The van der Waals surface area contributed by atoms with Gasteiger partial charge in [0, 0.05) is 17.1 Å². The van der Waals surface area contributed by atoms with Crippen molar-refractivity contribution in [2.24, 2.45) is 0 Å². The number of nitrogens with one attached hydrogen (secondary N) is 1. The van der Waals surface area contributed by atoms with E-state index in [-0.39, 0.29) is 5.91 Å². The number of aromatic nitrogens is 2. The molecule has 24 heavy (non-hydrogen) atoms. The van der Waals surface area contributed by atoms with Crippen LogP contribution in [-0.4, -0.2) is 30.1 Å². The predicted molar refractivity (Wildman–Crippen MR) is 92.8 cm³/mol. The van der Waals surface area contributed by atoms with Crippen LogP contribution in [0.4, 0.5) is 5.13 Å². The van der Waals surface area contributed by atoms with Crippen molar-refractivity contribution in [1.29, 1.82) is 0 Å². The third-order valence-corrected chi connectivity index (χ3v) is 4.06. The van der Waals surface area contributed by atoms with E-state index in [4.69, 9.17) is 9.47 Å². The highest BCUT2D eigenvalue weighted by Crippen LogP contribution is 2.28. The summed E-state index contributed by atoms with van der Waals surface area (Å²) >= 11 is 1.35. The number of carbonyl (C=O) groups is 1. The molecule has 0 radical (unpaired) electrons. The average molecular weight is 341 g/mol.